The van der Waals surface area contributed by atoms with E-state index in [1.807, 2.05) is 54.6 Å². The number of carboxylic acids is 1. The summed E-state index contributed by atoms with van der Waals surface area (Å²) in [5, 5.41) is 11.7. The Morgan fingerprint density at radius 2 is 1.74 bits per heavy atom. The number of amides is 2. The van der Waals surface area contributed by atoms with E-state index in [4.69, 9.17) is 4.74 Å². The highest BCUT2D eigenvalue weighted by atomic mass is 32.2. The number of alkyl carbamates (subject to hydrolysis) is 1. The van der Waals surface area contributed by atoms with Crippen LogP contribution in [0.3, 0.4) is 0 Å². The highest BCUT2D eigenvalue weighted by Gasteiger charge is 2.43. The Hall–Kier alpha value is -3.00. The summed E-state index contributed by atoms with van der Waals surface area (Å²) in [6.45, 7) is 4.83. The predicted molar refractivity (Wildman–Crippen MR) is 120 cm³/mol. The van der Waals surface area contributed by atoms with Gasteiger partial charge in [0.15, 0.2) is 0 Å². The molecule has 7 nitrogen and oxygen atoms in total. The highest BCUT2D eigenvalue weighted by molar-refractivity contribution is 7.99. The lowest BCUT2D eigenvalue weighted by molar-refractivity contribution is -0.148. The zero-order chi connectivity index (χ0) is 22.6. The predicted octanol–water partition coefficient (Wildman–Crippen LogP) is 3.91. The number of thioether (sulfide) groups is 1. The Balaban J connectivity index is 1.86. The maximum Gasteiger partial charge on any atom is 0.408 e. The van der Waals surface area contributed by atoms with E-state index in [1.54, 1.807) is 20.8 Å². The molecule has 0 saturated carbocycles. The van der Waals surface area contributed by atoms with Crippen LogP contribution in [0.4, 0.5) is 4.79 Å². The molecule has 164 valence electrons. The second-order valence-corrected chi connectivity index (χ2v) is 9.26. The topological polar surface area (TPSA) is 95.9 Å². The van der Waals surface area contributed by atoms with Gasteiger partial charge >= 0.3 is 12.1 Å². The second-order valence-electron chi connectivity index (χ2n) is 8.15. The highest BCUT2D eigenvalue weighted by Crippen LogP contribution is 2.44. The van der Waals surface area contributed by atoms with E-state index < -0.39 is 35.0 Å². The lowest BCUT2D eigenvalue weighted by Gasteiger charge is -2.29. The van der Waals surface area contributed by atoms with Crippen molar-refractivity contribution in [2.45, 2.75) is 37.8 Å². The van der Waals surface area contributed by atoms with Crippen molar-refractivity contribution in [3.8, 4) is 11.1 Å². The molecule has 8 heteroatoms. The first-order valence-corrected chi connectivity index (χ1v) is 11.0. The maximum absolute atomic E-state index is 13.0. The molecular formula is C23H26N2O5S. The van der Waals surface area contributed by atoms with Gasteiger partial charge in [-0.05, 0) is 37.5 Å². The van der Waals surface area contributed by atoms with Crippen molar-refractivity contribution in [1.29, 1.82) is 0 Å². The van der Waals surface area contributed by atoms with Crippen LogP contribution < -0.4 is 5.32 Å². The Morgan fingerprint density at radius 3 is 2.39 bits per heavy atom. The number of hydrogen-bond acceptors (Lipinski definition) is 5. The number of nitrogens with one attached hydrogen (secondary N) is 1. The number of nitrogens with zero attached hydrogens (tertiary/aromatic N) is 1. The number of carboxylic acid groups (broad SMARTS) is 1. The Bertz CT molecular complexity index is 958. The molecule has 1 aliphatic rings. The monoisotopic (exact) mass is 442 g/mol. The van der Waals surface area contributed by atoms with Gasteiger partial charge in [-0.3, -0.25) is 4.79 Å². The fourth-order valence-corrected chi connectivity index (χ4v) is 4.86. The number of benzene rings is 2. The molecule has 0 unspecified atom stereocenters. The average molecular weight is 443 g/mol. The van der Waals surface area contributed by atoms with Crippen LogP contribution in [0.1, 0.15) is 31.7 Å². The molecule has 1 heterocycles. The zero-order valence-corrected chi connectivity index (χ0v) is 18.5. The van der Waals surface area contributed by atoms with Gasteiger partial charge in [0.05, 0.1) is 0 Å². The fourth-order valence-electron chi connectivity index (χ4n) is 3.39. The minimum Gasteiger partial charge on any atom is -0.480 e. The first-order chi connectivity index (χ1) is 14.7. The van der Waals surface area contributed by atoms with Crippen molar-refractivity contribution >= 4 is 29.7 Å². The molecule has 0 aliphatic carbocycles. The molecule has 0 aromatic heterocycles. The van der Waals surface area contributed by atoms with Crippen molar-refractivity contribution in [2.24, 2.45) is 0 Å². The molecule has 1 saturated heterocycles. The zero-order valence-electron chi connectivity index (χ0n) is 17.7. The third-order valence-corrected chi connectivity index (χ3v) is 5.97. The van der Waals surface area contributed by atoms with E-state index in [0.717, 1.165) is 16.7 Å². The summed E-state index contributed by atoms with van der Waals surface area (Å²) in [5.41, 5.74) is 2.08. The van der Waals surface area contributed by atoms with Gasteiger partial charge in [0.25, 0.3) is 0 Å². The van der Waals surface area contributed by atoms with Gasteiger partial charge in [0.2, 0.25) is 5.91 Å². The van der Waals surface area contributed by atoms with E-state index in [1.165, 1.54) is 16.7 Å². The molecule has 3 rings (SSSR count). The minimum absolute atomic E-state index is 0.265. The molecule has 0 radical (unpaired) electrons. The van der Waals surface area contributed by atoms with Crippen LogP contribution in [0.25, 0.3) is 11.1 Å². The minimum atomic E-state index is -1.07. The van der Waals surface area contributed by atoms with Gasteiger partial charge in [0.1, 0.15) is 23.6 Å². The second kappa shape index (κ2) is 9.43. The standard InChI is InChI=1S/C23H26N2O5S/c1-23(2,3)30-22(29)24-13-19(26)25-18(21(27)28)14-31-20(25)17-12-8-7-11-16(17)15-9-5-4-6-10-15/h4-12,18,20H,13-14H2,1-3H3,(H,24,29)(H,27,28)/t18-,20+/m0/s1. The van der Waals surface area contributed by atoms with Gasteiger partial charge in [-0.2, -0.15) is 0 Å². The van der Waals surface area contributed by atoms with E-state index in [2.05, 4.69) is 5.32 Å². The van der Waals surface area contributed by atoms with Gasteiger partial charge in [-0.25, -0.2) is 9.59 Å². The van der Waals surface area contributed by atoms with Crippen molar-refractivity contribution in [3.05, 3.63) is 60.2 Å². The largest absolute Gasteiger partial charge is 0.480 e. The molecule has 2 N–H and O–H groups in total. The van der Waals surface area contributed by atoms with E-state index >= 15 is 0 Å². The summed E-state index contributed by atoms with van der Waals surface area (Å²) in [5.74, 6) is -1.28. The number of carbonyl (C=O) groups excluding carboxylic acids is 2. The molecule has 2 aromatic rings. The molecule has 1 fully saturated rings. The molecule has 31 heavy (non-hydrogen) atoms. The lowest BCUT2D eigenvalue weighted by atomic mass is 9.99. The third-order valence-electron chi connectivity index (χ3n) is 4.67. The Labute approximate surface area is 185 Å². The van der Waals surface area contributed by atoms with Crippen LogP contribution in [-0.4, -0.2) is 51.9 Å². The summed E-state index contributed by atoms with van der Waals surface area (Å²) in [6, 6.07) is 16.4. The fraction of sp³-hybridized carbons (Fsp3) is 0.348. The molecule has 2 atom stereocenters. The Morgan fingerprint density at radius 1 is 1.10 bits per heavy atom. The van der Waals surface area contributed by atoms with Gasteiger partial charge in [0, 0.05) is 5.75 Å². The van der Waals surface area contributed by atoms with Gasteiger partial charge in [-0.15, -0.1) is 11.8 Å². The van der Waals surface area contributed by atoms with Crippen LogP contribution >= 0.6 is 11.8 Å². The molecule has 0 spiro atoms. The van der Waals surface area contributed by atoms with Gasteiger partial charge in [-0.1, -0.05) is 54.6 Å². The Kier molecular flexibility index (Phi) is 6.90. The molecule has 2 amide bonds. The molecule has 2 aromatic carbocycles. The van der Waals surface area contributed by atoms with Crippen LogP contribution in [0.15, 0.2) is 54.6 Å². The summed E-state index contributed by atoms with van der Waals surface area (Å²) < 4.78 is 5.17. The SMILES string of the molecule is CC(C)(C)OC(=O)NCC(=O)N1[C@@H](c2ccccc2-c2ccccc2)SC[C@H]1C(=O)O. The number of rotatable bonds is 5. The summed E-state index contributed by atoms with van der Waals surface area (Å²) in [6.07, 6.45) is -0.721. The summed E-state index contributed by atoms with van der Waals surface area (Å²) >= 11 is 1.40. The van der Waals surface area contributed by atoms with Crippen LogP contribution in [-0.2, 0) is 14.3 Å². The van der Waals surface area contributed by atoms with E-state index in [-0.39, 0.29) is 12.3 Å². The van der Waals surface area contributed by atoms with Crippen LogP contribution in [0, 0.1) is 0 Å². The quantitative estimate of drug-likeness (QED) is 0.729. The van der Waals surface area contributed by atoms with Crippen LogP contribution in [0.2, 0.25) is 0 Å². The van der Waals surface area contributed by atoms with Crippen molar-refractivity contribution in [3.63, 3.8) is 0 Å². The van der Waals surface area contributed by atoms with Crippen LogP contribution in [0.5, 0.6) is 0 Å². The first kappa shape index (κ1) is 22.7. The normalized spacial score (nSPS) is 18.5. The van der Waals surface area contributed by atoms with Gasteiger partial charge < -0.3 is 20.1 Å². The van der Waals surface area contributed by atoms with E-state index in [0.29, 0.717) is 0 Å². The summed E-state index contributed by atoms with van der Waals surface area (Å²) in [4.78, 5) is 38.2. The first-order valence-electron chi connectivity index (χ1n) is 9.94. The average Bonchev–Trinajstić information content (AvgIpc) is 3.17. The number of carbonyl (C=O) groups is 3. The number of hydrogen-bond donors (Lipinski definition) is 2. The maximum atomic E-state index is 13.0. The third kappa shape index (κ3) is 5.58. The lowest BCUT2D eigenvalue weighted by Crippen LogP contribution is -2.47. The molecule has 1 aliphatic heterocycles. The van der Waals surface area contributed by atoms with Crippen molar-refractivity contribution in [2.75, 3.05) is 12.3 Å². The van der Waals surface area contributed by atoms with Crippen molar-refractivity contribution < 1.29 is 24.2 Å². The van der Waals surface area contributed by atoms with E-state index in [9.17, 15) is 19.5 Å². The number of aliphatic carboxylic acids is 1. The van der Waals surface area contributed by atoms with Crippen molar-refractivity contribution in [1.82, 2.24) is 10.2 Å². The molecular weight excluding hydrogens is 416 g/mol. The number of ether oxygens (including phenoxy) is 1. The smallest absolute Gasteiger partial charge is 0.408 e. The molecule has 0 bridgehead atoms. The summed E-state index contributed by atoms with van der Waals surface area (Å²) in [7, 11) is 0.